The number of aromatic nitrogens is 3. The Morgan fingerprint density at radius 2 is 1.68 bits per heavy atom. The molecule has 0 atom stereocenters. The smallest absolute Gasteiger partial charge is 0.272 e. The first kappa shape index (κ1) is 29.5. The number of anilines is 3. The van der Waals surface area contributed by atoms with Gasteiger partial charge in [0.25, 0.3) is 11.8 Å². The molecule has 2 aromatic heterocycles. The molecule has 4 N–H and O–H groups in total. The highest BCUT2D eigenvalue weighted by Crippen LogP contribution is 2.31. The lowest BCUT2D eigenvalue weighted by Gasteiger charge is -2.34. The highest BCUT2D eigenvalue weighted by atomic mass is 32.2. The molecule has 0 spiro atoms. The zero-order valence-corrected chi connectivity index (χ0v) is 24.5. The van der Waals surface area contributed by atoms with Crippen LogP contribution in [-0.2, 0) is 23.0 Å². The topological polar surface area (TPSA) is 147 Å². The summed E-state index contributed by atoms with van der Waals surface area (Å²) in [5, 5.41) is 12.6. The Kier molecular flexibility index (Phi) is 7.92. The fourth-order valence-corrected chi connectivity index (χ4v) is 6.79. The number of piperazine rings is 1. The third kappa shape index (κ3) is 5.93. The summed E-state index contributed by atoms with van der Waals surface area (Å²) in [6.07, 6.45) is 1.87. The molecule has 4 heterocycles. The lowest BCUT2D eigenvalue weighted by atomic mass is 10.1. The molecule has 4 aromatic rings. The maximum absolute atomic E-state index is 13.8. The van der Waals surface area contributed by atoms with E-state index in [1.807, 2.05) is 6.07 Å². The molecule has 230 valence electrons. The predicted octanol–water partition coefficient (Wildman–Crippen LogP) is 3.02. The number of hydrogen-bond acceptors (Lipinski definition) is 7. The van der Waals surface area contributed by atoms with Crippen molar-refractivity contribution in [3.05, 3.63) is 88.9 Å². The van der Waals surface area contributed by atoms with Gasteiger partial charge >= 0.3 is 0 Å². The highest BCUT2D eigenvalue weighted by molar-refractivity contribution is 7.89. The van der Waals surface area contributed by atoms with Gasteiger partial charge in [0.1, 0.15) is 17.3 Å². The molecule has 2 amide bonds. The van der Waals surface area contributed by atoms with Crippen LogP contribution in [-0.4, -0.2) is 84.4 Å². The zero-order valence-electron chi connectivity index (χ0n) is 23.7. The minimum atomic E-state index is -4.24. The van der Waals surface area contributed by atoms with E-state index in [-0.39, 0.29) is 30.9 Å². The van der Waals surface area contributed by atoms with Crippen LogP contribution in [0.25, 0.3) is 0 Å². The van der Waals surface area contributed by atoms with Crippen molar-refractivity contribution in [2.24, 2.45) is 0 Å². The SMILES string of the molecule is CN1CCN(c2ccc(C(=O)Nc3n[nH]c4c3CN(S(=O)(=O)c3cc(F)cc(F)c3)CC4)c(NC(=O)c3ccc[nH]3)c2)CC1. The molecule has 0 aliphatic carbocycles. The van der Waals surface area contributed by atoms with Gasteiger partial charge in [-0.25, -0.2) is 17.2 Å². The largest absolute Gasteiger partial charge is 0.369 e. The second-order valence-electron chi connectivity index (χ2n) is 10.7. The van der Waals surface area contributed by atoms with Crippen LogP contribution in [0.5, 0.6) is 0 Å². The van der Waals surface area contributed by atoms with Gasteiger partial charge in [0.2, 0.25) is 10.0 Å². The van der Waals surface area contributed by atoms with Crippen LogP contribution in [0.15, 0.2) is 59.6 Å². The first-order valence-corrected chi connectivity index (χ1v) is 15.4. The van der Waals surface area contributed by atoms with E-state index in [0.717, 1.165) is 48.3 Å². The van der Waals surface area contributed by atoms with Crippen molar-refractivity contribution in [2.75, 3.05) is 55.3 Å². The molecule has 1 saturated heterocycles. The van der Waals surface area contributed by atoms with Crippen LogP contribution in [0.1, 0.15) is 32.1 Å². The van der Waals surface area contributed by atoms with E-state index < -0.39 is 38.4 Å². The third-order valence-corrected chi connectivity index (χ3v) is 9.63. The number of benzene rings is 2. The number of nitrogens with one attached hydrogen (secondary N) is 4. The molecule has 0 radical (unpaired) electrons. The fraction of sp³-hybridized carbons (Fsp3) is 0.276. The van der Waals surface area contributed by atoms with E-state index in [1.165, 1.54) is 0 Å². The van der Waals surface area contributed by atoms with Crippen LogP contribution in [0.2, 0.25) is 0 Å². The number of H-pyrrole nitrogens is 2. The number of amides is 2. The Balaban J connectivity index is 1.26. The lowest BCUT2D eigenvalue weighted by molar-refractivity contribution is 0.102. The number of nitrogens with zero attached hydrogens (tertiary/aromatic N) is 4. The van der Waals surface area contributed by atoms with Gasteiger partial charge in [-0.2, -0.15) is 9.40 Å². The molecular formula is C29H30F2N8O4S. The molecular weight excluding hydrogens is 594 g/mol. The summed E-state index contributed by atoms with van der Waals surface area (Å²) < 4.78 is 55.1. The minimum absolute atomic E-state index is 0.0473. The third-order valence-electron chi connectivity index (χ3n) is 7.81. The Morgan fingerprint density at radius 3 is 2.39 bits per heavy atom. The summed E-state index contributed by atoms with van der Waals surface area (Å²) in [7, 11) is -2.19. The number of hydrogen-bond donors (Lipinski definition) is 4. The maximum atomic E-state index is 13.8. The normalized spacial score (nSPS) is 16.0. The van der Waals surface area contributed by atoms with E-state index in [0.29, 0.717) is 28.7 Å². The Labute approximate surface area is 252 Å². The van der Waals surface area contributed by atoms with E-state index in [9.17, 15) is 26.8 Å². The van der Waals surface area contributed by atoms with Gasteiger partial charge in [0, 0.05) is 74.9 Å². The first-order chi connectivity index (χ1) is 21.1. The number of sulfonamides is 1. The van der Waals surface area contributed by atoms with Gasteiger partial charge in [-0.05, 0) is 49.5 Å². The lowest BCUT2D eigenvalue weighted by Crippen LogP contribution is -2.44. The van der Waals surface area contributed by atoms with Crippen LogP contribution < -0.4 is 15.5 Å². The van der Waals surface area contributed by atoms with Crippen molar-refractivity contribution in [3.8, 4) is 0 Å². The number of carbonyl (C=O) groups excluding carboxylic acids is 2. The number of likely N-dealkylation sites (N-methyl/N-ethyl adjacent to an activating group) is 1. The van der Waals surface area contributed by atoms with E-state index in [4.69, 9.17) is 0 Å². The van der Waals surface area contributed by atoms with Gasteiger partial charge in [0.15, 0.2) is 5.82 Å². The molecule has 12 nitrogen and oxygen atoms in total. The van der Waals surface area contributed by atoms with Gasteiger partial charge in [-0.15, -0.1) is 0 Å². The number of fused-ring (bicyclic) bond motifs is 1. The van der Waals surface area contributed by atoms with E-state index in [2.05, 4.69) is 42.7 Å². The van der Waals surface area contributed by atoms with Gasteiger partial charge < -0.3 is 25.4 Å². The van der Waals surface area contributed by atoms with Crippen molar-refractivity contribution in [3.63, 3.8) is 0 Å². The summed E-state index contributed by atoms with van der Waals surface area (Å²) in [6, 6.07) is 10.6. The zero-order chi connectivity index (χ0) is 31.0. The van der Waals surface area contributed by atoms with Crippen molar-refractivity contribution in [1.82, 2.24) is 24.4 Å². The average Bonchev–Trinajstić information content (AvgIpc) is 3.68. The fourth-order valence-electron chi connectivity index (χ4n) is 5.34. The Hall–Kier alpha value is -4.60. The molecule has 0 saturated carbocycles. The van der Waals surface area contributed by atoms with Crippen molar-refractivity contribution < 1.29 is 26.8 Å². The molecule has 44 heavy (non-hydrogen) atoms. The molecule has 2 aliphatic rings. The van der Waals surface area contributed by atoms with Crippen molar-refractivity contribution in [2.45, 2.75) is 17.9 Å². The monoisotopic (exact) mass is 624 g/mol. The predicted molar refractivity (Wildman–Crippen MR) is 159 cm³/mol. The van der Waals surface area contributed by atoms with Gasteiger partial charge in [-0.1, -0.05) is 0 Å². The van der Waals surface area contributed by atoms with Gasteiger partial charge in [-0.3, -0.25) is 14.7 Å². The molecule has 6 rings (SSSR count). The van der Waals surface area contributed by atoms with Crippen molar-refractivity contribution in [1.29, 1.82) is 0 Å². The molecule has 15 heteroatoms. The minimum Gasteiger partial charge on any atom is -0.369 e. The number of aromatic amines is 2. The van der Waals surface area contributed by atoms with Crippen LogP contribution >= 0.6 is 0 Å². The molecule has 2 aromatic carbocycles. The molecule has 0 bridgehead atoms. The van der Waals surface area contributed by atoms with Crippen LogP contribution in [0.3, 0.4) is 0 Å². The van der Waals surface area contributed by atoms with Crippen LogP contribution in [0.4, 0.5) is 26.0 Å². The summed E-state index contributed by atoms with van der Waals surface area (Å²) in [5.74, 6) is -2.89. The maximum Gasteiger partial charge on any atom is 0.272 e. The first-order valence-electron chi connectivity index (χ1n) is 13.9. The number of halogens is 2. The van der Waals surface area contributed by atoms with Crippen molar-refractivity contribution >= 4 is 39.0 Å². The summed E-state index contributed by atoms with van der Waals surface area (Å²) in [6.45, 7) is 3.18. The van der Waals surface area contributed by atoms with Crippen LogP contribution in [0, 0.1) is 11.6 Å². The second-order valence-corrected chi connectivity index (χ2v) is 12.7. The summed E-state index contributed by atoms with van der Waals surface area (Å²) in [4.78, 5) is 33.3. The van der Waals surface area contributed by atoms with E-state index in [1.54, 1.807) is 30.5 Å². The van der Waals surface area contributed by atoms with Gasteiger partial charge in [0.05, 0.1) is 16.1 Å². The highest BCUT2D eigenvalue weighted by Gasteiger charge is 2.32. The quantitative estimate of drug-likeness (QED) is 0.247. The number of rotatable bonds is 7. The summed E-state index contributed by atoms with van der Waals surface area (Å²) in [5.41, 5.74) is 2.69. The second kappa shape index (κ2) is 11.8. The average molecular weight is 625 g/mol. The standard InChI is InChI=1S/C29H30F2N8O4S/c1-37-9-11-38(12-10-37)20-4-5-22(26(16-20)33-29(41)25-3-2-7-32-25)28(40)34-27-23-17-39(8-6-24(23)35-36-27)44(42,43)21-14-18(30)13-19(31)15-21/h2-5,7,13-16,32H,6,8-12,17H2,1H3,(H,33,41)(H2,34,35,36,40). The van der Waals surface area contributed by atoms with E-state index >= 15 is 0 Å². The molecule has 0 unspecified atom stereocenters. The number of carbonyl (C=O) groups is 2. The summed E-state index contributed by atoms with van der Waals surface area (Å²) >= 11 is 0. The molecule has 1 fully saturated rings. The Bertz CT molecular complexity index is 1800. The Morgan fingerprint density at radius 1 is 0.932 bits per heavy atom. The molecule has 2 aliphatic heterocycles.